The van der Waals surface area contributed by atoms with E-state index in [-0.39, 0.29) is 29.6 Å². The van der Waals surface area contributed by atoms with Gasteiger partial charge in [-0.1, -0.05) is 6.92 Å². The van der Waals surface area contributed by atoms with E-state index in [9.17, 15) is 18.8 Å². The summed E-state index contributed by atoms with van der Waals surface area (Å²) >= 11 is 0. The van der Waals surface area contributed by atoms with Gasteiger partial charge < -0.3 is 4.90 Å². The maximum Gasteiger partial charge on any atom is 0.257 e. The van der Waals surface area contributed by atoms with Gasteiger partial charge in [0.2, 0.25) is 11.8 Å². The van der Waals surface area contributed by atoms with Crippen molar-refractivity contribution in [3.05, 3.63) is 30.1 Å². The third kappa shape index (κ3) is 3.29. The molecule has 5 fully saturated rings. The number of anilines is 1. The predicted octanol–water partition coefficient (Wildman–Crippen LogP) is 4.69. The number of halogens is 1. The van der Waals surface area contributed by atoms with Gasteiger partial charge in [0.05, 0.1) is 17.5 Å². The van der Waals surface area contributed by atoms with Crippen molar-refractivity contribution in [1.82, 2.24) is 4.90 Å². The van der Waals surface area contributed by atoms with Crippen molar-refractivity contribution in [3.8, 4) is 0 Å². The van der Waals surface area contributed by atoms with Gasteiger partial charge in [0.15, 0.2) is 0 Å². The van der Waals surface area contributed by atoms with Crippen molar-refractivity contribution in [3.63, 3.8) is 0 Å². The van der Waals surface area contributed by atoms with E-state index < -0.39 is 17.4 Å². The fourth-order valence-electron chi connectivity index (χ4n) is 7.32. The number of rotatable bonds is 5. The Morgan fingerprint density at radius 3 is 2.09 bits per heavy atom. The maximum atomic E-state index is 14.3. The van der Waals surface area contributed by atoms with Gasteiger partial charge >= 0.3 is 0 Å². The molecule has 5 aliphatic rings. The van der Waals surface area contributed by atoms with Crippen LogP contribution in [0.4, 0.5) is 10.1 Å². The Morgan fingerprint density at radius 1 is 1.06 bits per heavy atom. The van der Waals surface area contributed by atoms with Gasteiger partial charge in [-0.3, -0.25) is 14.4 Å². The smallest absolute Gasteiger partial charge is 0.257 e. The number of carbonyl (C=O) groups excluding carboxylic acids is 3. The second-order valence-electron chi connectivity index (χ2n) is 11.3. The van der Waals surface area contributed by atoms with Crippen LogP contribution in [0, 0.1) is 29.0 Å². The molecule has 0 radical (unpaired) electrons. The van der Waals surface area contributed by atoms with Crippen LogP contribution in [-0.2, 0) is 14.4 Å². The molecule has 0 N–H and O–H groups in total. The van der Waals surface area contributed by atoms with Crippen LogP contribution < -0.4 is 4.90 Å². The minimum absolute atomic E-state index is 0.0161. The monoisotopic (exact) mass is 440 g/mol. The zero-order valence-electron chi connectivity index (χ0n) is 19.3. The first-order chi connectivity index (χ1) is 15.1. The number of imide groups is 1. The molecule has 172 valence electrons. The Balaban J connectivity index is 1.49. The molecular formula is C26H33FN2O3. The summed E-state index contributed by atoms with van der Waals surface area (Å²) in [5, 5.41) is 0. The molecule has 3 amide bonds. The second-order valence-corrected chi connectivity index (χ2v) is 11.3. The lowest BCUT2D eigenvalue weighted by Gasteiger charge is -2.58. The van der Waals surface area contributed by atoms with E-state index in [1.165, 1.54) is 43.5 Å². The van der Waals surface area contributed by atoms with Gasteiger partial charge in [-0.15, -0.1) is 0 Å². The molecule has 5 nitrogen and oxygen atoms in total. The third-order valence-electron chi connectivity index (χ3n) is 8.75. The summed E-state index contributed by atoms with van der Waals surface area (Å²) in [4.78, 5) is 43.7. The highest BCUT2D eigenvalue weighted by Gasteiger charge is 2.59. The second kappa shape index (κ2) is 7.39. The zero-order valence-corrected chi connectivity index (χ0v) is 19.3. The van der Waals surface area contributed by atoms with E-state index in [0.717, 1.165) is 24.2 Å². The maximum absolute atomic E-state index is 14.3. The largest absolute Gasteiger partial charge is 0.325 e. The van der Waals surface area contributed by atoms with Crippen LogP contribution in [0.5, 0.6) is 0 Å². The summed E-state index contributed by atoms with van der Waals surface area (Å²) in [6.45, 7) is 6.03. The fourth-order valence-corrected chi connectivity index (χ4v) is 7.32. The molecule has 0 spiro atoms. The average molecular weight is 441 g/mol. The first kappa shape index (κ1) is 21.6. The molecule has 4 aliphatic carbocycles. The number of benzene rings is 1. The topological polar surface area (TPSA) is 57.7 Å². The lowest BCUT2D eigenvalue weighted by atomic mass is 9.49. The summed E-state index contributed by atoms with van der Waals surface area (Å²) in [7, 11) is 0. The molecule has 4 saturated carbocycles. The number of carbonyl (C=O) groups is 3. The van der Waals surface area contributed by atoms with Crippen LogP contribution in [0.1, 0.15) is 72.1 Å². The van der Waals surface area contributed by atoms with E-state index >= 15 is 0 Å². The summed E-state index contributed by atoms with van der Waals surface area (Å²) in [5.74, 6) is 0.809. The molecule has 1 aromatic carbocycles. The average Bonchev–Trinajstić information content (AvgIpc) is 3.01. The van der Waals surface area contributed by atoms with Crippen LogP contribution in [0.15, 0.2) is 24.3 Å². The molecule has 4 bridgehead atoms. The molecule has 1 unspecified atom stereocenters. The van der Waals surface area contributed by atoms with Gasteiger partial charge in [-0.25, -0.2) is 9.29 Å². The van der Waals surface area contributed by atoms with Crippen LogP contribution in [0.25, 0.3) is 0 Å². The highest BCUT2D eigenvalue weighted by Crippen LogP contribution is 2.61. The first-order valence-electron chi connectivity index (χ1n) is 12.1. The van der Waals surface area contributed by atoms with Crippen molar-refractivity contribution >= 4 is 23.4 Å². The van der Waals surface area contributed by atoms with Gasteiger partial charge in [0.25, 0.3) is 5.91 Å². The Bertz CT molecular complexity index is 919. The van der Waals surface area contributed by atoms with Crippen LogP contribution >= 0.6 is 0 Å². The molecule has 1 heterocycles. The highest BCUT2D eigenvalue weighted by atomic mass is 19.1. The van der Waals surface area contributed by atoms with E-state index in [2.05, 4.69) is 0 Å². The van der Waals surface area contributed by atoms with Crippen molar-refractivity contribution in [2.75, 3.05) is 4.90 Å². The summed E-state index contributed by atoms with van der Waals surface area (Å²) in [5.41, 5.74) is -0.561. The molecule has 1 atom stereocenters. The molecule has 6 rings (SSSR count). The van der Waals surface area contributed by atoms with Crippen LogP contribution in [0.3, 0.4) is 0 Å². The SMILES string of the molecule is CCC(C)(C)N(C(=O)C12CC3CC(CC(C3)C1)C2)C1CC(=O)N(c2ccc(F)cc2)C1=O. The molecule has 1 saturated heterocycles. The van der Waals surface area contributed by atoms with Crippen molar-refractivity contribution in [2.45, 2.75) is 83.7 Å². The van der Waals surface area contributed by atoms with E-state index in [4.69, 9.17) is 0 Å². The zero-order chi connectivity index (χ0) is 22.8. The molecular weight excluding hydrogens is 407 g/mol. The van der Waals surface area contributed by atoms with Crippen molar-refractivity contribution in [1.29, 1.82) is 0 Å². The minimum Gasteiger partial charge on any atom is -0.325 e. The van der Waals surface area contributed by atoms with E-state index in [1.54, 1.807) is 4.90 Å². The van der Waals surface area contributed by atoms with Crippen molar-refractivity contribution < 1.29 is 18.8 Å². The normalized spacial score (nSPS) is 33.8. The Hall–Kier alpha value is -2.24. The van der Waals surface area contributed by atoms with E-state index in [0.29, 0.717) is 29.9 Å². The number of amides is 3. The first-order valence-corrected chi connectivity index (χ1v) is 12.1. The highest BCUT2D eigenvalue weighted by molar-refractivity contribution is 6.23. The van der Waals surface area contributed by atoms with Crippen molar-refractivity contribution in [2.24, 2.45) is 23.2 Å². The summed E-state index contributed by atoms with van der Waals surface area (Å²) in [6.07, 6.45) is 7.16. The number of hydrogen-bond donors (Lipinski definition) is 0. The predicted molar refractivity (Wildman–Crippen MR) is 119 cm³/mol. The van der Waals surface area contributed by atoms with Crippen LogP contribution in [-0.4, -0.2) is 34.2 Å². The number of hydrogen-bond acceptors (Lipinski definition) is 3. The molecule has 1 aliphatic heterocycles. The molecule has 1 aromatic rings. The quantitative estimate of drug-likeness (QED) is 0.624. The van der Waals surface area contributed by atoms with Gasteiger partial charge in [-0.05, 0) is 101 Å². The fraction of sp³-hybridized carbons (Fsp3) is 0.654. The van der Waals surface area contributed by atoms with E-state index in [1.807, 2.05) is 20.8 Å². The Kier molecular flexibility index (Phi) is 4.99. The Labute approximate surface area is 189 Å². The molecule has 32 heavy (non-hydrogen) atoms. The minimum atomic E-state index is -0.803. The summed E-state index contributed by atoms with van der Waals surface area (Å²) < 4.78 is 13.4. The van der Waals surface area contributed by atoms with Crippen LogP contribution in [0.2, 0.25) is 0 Å². The molecule has 0 aromatic heterocycles. The van der Waals surface area contributed by atoms with Gasteiger partial charge in [0, 0.05) is 5.54 Å². The Morgan fingerprint density at radius 2 is 1.59 bits per heavy atom. The van der Waals surface area contributed by atoms with Gasteiger partial charge in [0.1, 0.15) is 11.9 Å². The third-order valence-corrected chi connectivity index (χ3v) is 8.75. The summed E-state index contributed by atoms with van der Waals surface area (Å²) in [6, 6.07) is 4.59. The standard InChI is InChI=1S/C26H33FN2O3/c1-4-25(2,3)29(24(32)26-13-16-9-17(14-26)11-18(10-16)15-26)21-12-22(30)28(23(21)31)20-7-5-19(27)6-8-20/h5-8,16-18,21H,4,9-15H2,1-3H3. The lowest BCUT2D eigenvalue weighted by molar-refractivity contribution is -0.168. The molecule has 6 heteroatoms. The number of nitrogens with zero attached hydrogens (tertiary/aromatic N) is 2. The van der Waals surface area contributed by atoms with Gasteiger partial charge in [-0.2, -0.15) is 0 Å². The lowest BCUT2D eigenvalue weighted by Crippen LogP contribution is -2.62.